The number of rotatable bonds is 7. The molecule has 2 aromatic carbocycles. The molecule has 2 N–H and O–H groups in total. The average molecular weight is 414 g/mol. The molecule has 0 amide bonds. The molecule has 0 unspecified atom stereocenters. The number of hydrogen-bond acceptors (Lipinski definition) is 5. The first kappa shape index (κ1) is 20.8. The van der Waals surface area contributed by atoms with Crippen LogP contribution in [0.25, 0.3) is 22.6 Å². The molecular formula is C21H22N2O5S. The maximum Gasteiger partial charge on any atom is 0.322 e. The Kier molecular flexibility index (Phi) is 5.86. The van der Waals surface area contributed by atoms with Crippen molar-refractivity contribution in [2.45, 2.75) is 31.7 Å². The van der Waals surface area contributed by atoms with Crippen molar-refractivity contribution in [2.75, 3.05) is 0 Å². The lowest BCUT2D eigenvalue weighted by atomic mass is 10.1. The number of benzene rings is 2. The van der Waals surface area contributed by atoms with Crippen molar-refractivity contribution < 1.29 is 22.8 Å². The van der Waals surface area contributed by atoms with Crippen molar-refractivity contribution in [2.24, 2.45) is 5.92 Å². The fraction of sp³-hybridized carbons (Fsp3) is 0.238. The van der Waals surface area contributed by atoms with E-state index in [1.54, 1.807) is 32.0 Å². The first-order valence-corrected chi connectivity index (χ1v) is 10.5. The molecule has 3 rings (SSSR count). The highest BCUT2D eigenvalue weighted by molar-refractivity contribution is 7.89. The molecule has 1 atom stereocenters. The lowest BCUT2D eigenvalue weighted by molar-refractivity contribution is -0.140. The Labute approximate surface area is 169 Å². The summed E-state index contributed by atoms with van der Waals surface area (Å²) in [6.45, 7) is 5.28. The fourth-order valence-corrected chi connectivity index (χ4v) is 4.11. The summed E-state index contributed by atoms with van der Waals surface area (Å²) in [5, 5.41) is 13.3. The van der Waals surface area contributed by atoms with Crippen LogP contribution in [0.3, 0.4) is 0 Å². The minimum atomic E-state index is -3.97. The van der Waals surface area contributed by atoms with E-state index < -0.39 is 28.0 Å². The highest BCUT2D eigenvalue weighted by Crippen LogP contribution is 2.27. The summed E-state index contributed by atoms with van der Waals surface area (Å²) < 4.78 is 32.6. The second kappa shape index (κ2) is 8.18. The molecular weight excluding hydrogens is 392 g/mol. The monoisotopic (exact) mass is 414 g/mol. The molecule has 0 aliphatic rings. The van der Waals surface area contributed by atoms with Crippen LogP contribution in [0, 0.1) is 12.8 Å². The highest BCUT2D eigenvalue weighted by atomic mass is 32.2. The largest absolute Gasteiger partial charge is 0.480 e. The van der Waals surface area contributed by atoms with Gasteiger partial charge in [-0.1, -0.05) is 48.8 Å². The molecule has 0 aliphatic heterocycles. The Balaban J connectivity index is 1.81. The first-order chi connectivity index (χ1) is 13.7. The van der Waals surface area contributed by atoms with Gasteiger partial charge >= 0.3 is 5.97 Å². The Morgan fingerprint density at radius 1 is 1.03 bits per heavy atom. The molecule has 1 heterocycles. The number of carboxylic acids is 1. The summed E-state index contributed by atoms with van der Waals surface area (Å²) in [5.41, 5.74) is 3.40. The summed E-state index contributed by atoms with van der Waals surface area (Å²) in [4.78, 5) is 11.3. The molecule has 0 spiro atoms. The van der Waals surface area contributed by atoms with Gasteiger partial charge in [0.1, 0.15) is 11.7 Å². The van der Waals surface area contributed by atoms with Gasteiger partial charge in [0, 0.05) is 17.2 Å². The van der Waals surface area contributed by atoms with Gasteiger partial charge in [0.15, 0.2) is 5.76 Å². The number of aromatic nitrogens is 1. The number of carbonyl (C=O) groups is 1. The molecule has 0 aliphatic carbocycles. The summed E-state index contributed by atoms with van der Waals surface area (Å²) in [7, 11) is -3.97. The zero-order chi connectivity index (χ0) is 21.2. The van der Waals surface area contributed by atoms with E-state index in [2.05, 4.69) is 9.88 Å². The van der Waals surface area contributed by atoms with E-state index in [4.69, 9.17) is 4.52 Å². The van der Waals surface area contributed by atoms with Crippen LogP contribution < -0.4 is 4.72 Å². The quantitative estimate of drug-likeness (QED) is 0.610. The Hall–Kier alpha value is -2.97. The van der Waals surface area contributed by atoms with Crippen molar-refractivity contribution in [3.63, 3.8) is 0 Å². The summed E-state index contributed by atoms with van der Waals surface area (Å²) >= 11 is 0. The predicted molar refractivity (Wildman–Crippen MR) is 109 cm³/mol. The van der Waals surface area contributed by atoms with Crippen LogP contribution in [-0.2, 0) is 14.8 Å². The van der Waals surface area contributed by atoms with Crippen molar-refractivity contribution >= 4 is 16.0 Å². The van der Waals surface area contributed by atoms with Gasteiger partial charge in [-0.05, 0) is 37.1 Å². The van der Waals surface area contributed by atoms with Crippen molar-refractivity contribution in [1.29, 1.82) is 0 Å². The van der Waals surface area contributed by atoms with Crippen molar-refractivity contribution in [1.82, 2.24) is 9.88 Å². The summed E-state index contributed by atoms with van der Waals surface area (Å²) in [5.74, 6) is -1.11. The molecule has 152 valence electrons. The second-order valence-electron chi connectivity index (χ2n) is 7.15. The number of nitrogens with zero attached hydrogens (tertiary/aromatic N) is 1. The van der Waals surface area contributed by atoms with Crippen LogP contribution >= 0.6 is 0 Å². The summed E-state index contributed by atoms with van der Waals surface area (Å²) in [6, 6.07) is 14.5. The van der Waals surface area contributed by atoms with Crippen LogP contribution in [0.1, 0.15) is 19.4 Å². The van der Waals surface area contributed by atoms with Gasteiger partial charge in [-0.3, -0.25) is 4.79 Å². The maximum atomic E-state index is 12.5. The van der Waals surface area contributed by atoms with Gasteiger partial charge in [0.2, 0.25) is 10.0 Å². The van der Waals surface area contributed by atoms with Crippen molar-refractivity contribution in [3.05, 3.63) is 60.2 Å². The lowest BCUT2D eigenvalue weighted by Crippen LogP contribution is -2.44. The maximum absolute atomic E-state index is 12.5. The molecule has 0 bridgehead atoms. The molecule has 0 radical (unpaired) electrons. The molecule has 0 fully saturated rings. The number of carboxylic acid groups (broad SMARTS) is 1. The van der Waals surface area contributed by atoms with E-state index >= 15 is 0 Å². The van der Waals surface area contributed by atoms with E-state index in [0.29, 0.717) is 17.0 Å². The third-order valence-electron chi connectivity index (χ3n) is 4.52. The van der Waals surface area contributed by atoms with Gasteiger partial charge in [-0.2, -0.15) is 4.72 Å². The topological polar surface area (TPSA) is 110 Å². The zero-order valence-corrected chi connectivity index (χ0v) is 17.1. The van der Waals surface area contributed by atoms with E-state index in [1.165, 1.54) is 12.1 Å². The third-order valence-corrected chi connectivity index (χ3v) is 5.98. The third kappa shape index (κ3) is 4.72. The Morgan fingerprint density at radius 3 is 2.17 bits per heavy atom. The van der Waals surface area contributed by atoms with Gasteiger partial charge < -0.3 is 9.63 Å². The average Bonchev–Trinajstić information content (AvgIpc) is 3.16. The second-order valence-corrected chi connectivity index (χ2v) is 8.86. The van der Waals surface area contributed by atoms with Crippen LogP contribution in [0.4, 0.5) is 0 Å². The molecule has 29 heavy (non-hydrogen) atoms. The Bertz CT molecular complexity index is 1100. The van der Waals surface area contributed by atoms with Crippen LogP contribution in [0.2, 0.25) is 0 Å². The number of hydrogen-bond donors (Lipinski definition) is 2. The van der Waals surface area contributed by atoms with Crippen LogP contribution in [-0.4, -0.2) is 30.7 Å². The van der Waals surface area contributed by atoms with Gasteiger partial charge in [-0.25, -0.2) is 8.42 Å². The van der Waals surface area contributed by atoms with E-state index in [0.717, 1.165) is 11.1 Å². The molecule has 0 saturated carbocycles. The minimum Gasteiger partial charge on any atom is -0.480 e. The Morgan fingerprint density at radius 2 is 1.62 bits per heavy atom. The molecule has 3 aromatic rings. The minimum absolute atomic E-state index is 0.0218. The van der Waals surface area contributed by atoms with Gasteiger partial charge in [0.25, 0.3) is 0 Å². The predicted octanol–water partition coefficient (Wildman–Crippen LogP) is 3.70. The molecule has 7 nitrogen and oxygen atoms in total. The fourth-order valence-electron chi connectivity index (χ4n) is 2.78. The normalized spacial score (nSPS) is 12.8. The smallest absolute Gasteiger partial charge is 0.322 e. The van der Waals surface area contributed by atoms with E-state index in [9.17, 15) is 18.3 Å². The van der Waals surface area contributed by atoms with E-state index in [-0.39, 0.29) is 4.90 Å². The van der Waals surface area contributed by atoms with Crippen molar-refractivity contribution in [3.8, 4) is 22.6 Å². The zero-order valence-electron chi connectivity index (χ0n) is 16.3. The van der Waals surface area contributed by atoms with Crippen LogP contribution in [0.5, 0.6) is 0 Å². The SMILES string of the molecule is Cc1ccc(-c2cc(-c3ccc(S(=O)(=O)N[C@@H](C(=O)O)C(C)C)cc3)on2)cc1. The number of aliphatic carboxylic acids is 1. The highest BCUT2D eigenvalue weighted by Gasteiger charge is 2.28. The number of sulfonamides is 1. The van der Waals surface area contributed by atoms with Gasteiger partial charge in [0.05, 0.1) is 4.90 Å². The standard InChI is InChI=1S/C21H22N2O5S/c1-13(2)20(21(24)25)23-29(26,27)17-10-8-16(9-11-17)19-12-18(22-28-19)15-6-4-14(3)5-7-15/h4-13,20,23H,1-3H3,(H,24,25)/t20-/m1/s1. The number of aryl methyl sites for hydroxylation is 1. The molecule has 0 saturated heterocycles. The van der Waals surface area contributed by atoms with Gasteiger partial charge in [-0.15, -0.1) is 0 Å². The number of nitrogens with one attached hydrogen (secondary N) is 1. The first-order valence-electron chi connectivity index (χ1n) is 9.07. The molecule has 8 heteroatoms. The summed E-state index contributed by atoms with van der Waals surface area (Å²) in [6.07, 6.45) is 0. The molecule has 1 aromatic heterocycles. The lowest BCUT2D eigenvalue weighted by Gasteiger charge is -2.18. The van der Waals surface area contributed by atoms with Crippen LogP contribution in [0.15, 0.2) is 64.0 Å². The van der Waals surface area contributed by atoms with E-state index in [1.807, 2.05) is 31.2 Å².